The van der Waals surface area contributed by atoms with Crippen molar-refractivity contribution in [3.8, 4) is 0 Å². The van der Waals surface area contributed by atoms with E-state index in [2.05, 4.69) is 15.3 Å². The first-order valence-electron chi connectivity index (χ1n) is 9.32. The van der Waals surface area contributed by atoms with Crippen molar-refractivity contribution in [3.05, 3.63) is 53.6 Å². The van der Waals surface area contributed by atoms with Gasteiger partial charge in [-0.05, 0) is 30.7 Å². The molecule has 0 radical (unpaired) electrons. The van der Waals surface area contributed by atoms with Crippen LogP contribution in [0.25, 0.3) is 0 Å². The Morgan fingerprint density at radius 3 is 2.67 bits per heavy atom. The third kappa shape index (κ3) is 3.93. The molecule has 4 rings (SSSR count). The number of halogens is 1. The lowest BCUT2D eigenvalue weighted by atomic mass is 9.80. The van der Waals surface area contributed by atoms with Crippen molar-refractivity contribution in [2.75, 3.05) is 31.6 Å². The van der Waals surface area contributed by atoms with Gasteiger partial charge in [0.05, 0.1) is 5.56 Å². The Labute approximate surface area is 157 Å². The second-order valence-corrected chi connectivity index (χ2v) is 7.33. The summed E-state index contributed by atoms with van der Waals surface area (Å²) in [4.78, 5) is 23.1. The van der Waals surface area contributed by atoms with Gasteiger partial charge >= 0.3 is 0 Å². The smallest absolute Gasteiger partial charge is 0.257 e. The van der Waals surface area contributed by atoms with Crippen LogP contribution in [0.15, 0.2) is 36.7 Å². The quantitative estimate of drug-likeness (QED) is 0.896. The summed E-state index contributed by atoms with van der Waals surface area (Å²) in [5.41, 5.74) is 1.24. The van der Waals surface area contributed by atoms with Crippen LogP contribution in [0.4, 0.5) is 10.3 Å². The molecule has 1 N–H and O–H groups in total. The van der Waals surface area contributed by atoms with Gasteiger partial charge in [0.25, 0.3) is 5.91 Å². The summed E-state index contributed by atoms with van der Waals surface area (Å²) in [7, 11) is 0. The lowest BCUT2D eigenvalue weighted by molar-refractivity contribution is 0.0191. The van der Waals surface area contributed by atoms with Gasteiger partial charge in [0.2, 0.25) is 5.95 Å². The number of nitrogens with one attached hydrogen (secondary N) is 1. The Morgan fingerprint density at radius 2 is 1.93 bits per heavy atom. The molecule has 27 heavy (non-hydrogen) atoms. The molecular formula is C20H23FN4O2. The summed E-state index contributed by atoms with van der Waals surface area (Å²) in [5, 5.41) is 2.98. The van der Waals surface area contributed by atoms with Crippen LogP contribution < -0.4 is 5.32 Å². The van der Waals surface area contributed by atoms with E-state index in [4.69, 9.17) is 4.74 Å². The maximum absolute atomic E-state index is 13.6. The van der Waals surface area contributed by atoms with Crippen LogP contribution in [0.2, 0.25) is 0 Å². The second-order valence-electron chi connectivity index (χ2n) is 7.33. The average molecular weight is 370 g/mol. The fourth-order valence-electron chi connectivity index (χ4n) is 3.85. The Kier molecular flexibility index (Phi) is 5.03. The van der Waals surface area contributed by atoms with Crippen LogP contribution in [0.1, 0.15) is 35.2 Å². The van der Waals surface area contributed by atoms with Crippen LogP contribution in [0.5, 0.6) is 0 Å². The largest absolute Gasteiger partial charge is 0.381 e. The fourth-order valence-corrected chi connectivity index (χ4v) is 3.85. The van der Waals surface area contributed by atoms with Crippen molar-refractivity contribution in [3.63, 3.8) is 0 Å². The standard InChI is InChI=1S/C20H23FN4O2/c21-17-4-2-1-3-15(17)11-22-19-23-12-16(13-24-19)18(26)25-8-5-20(14-25)6-9-27-10-7-20/h1-4,12-13H,5-11,14H2,(H,22,23,24). The van der Waals surface area contributed by atoms with Gasteiger partial charge in [-0.3, -0.25) is 4.79 Å². The molecule has 142 valence electrons. The molecule has 2 aliphatic rings. The van der Waals surface area contributed by atoms with Gasteiger partial charge in [0.15, 0.2) is 0 Å². The van der Waals surface area contributed by atoms with Crippen LogP contribution in [0.3, 0.4) is 0 Å². The Bertz CT molecular complexity index is 806. The van der Waals surface area contributed by atoms with Crippen LogP contribution in [0, 0.1) is 11.2 Å². The number of amides is 1. The topological polar surface area (TPSA) is 67.4 Å². The van der Waals surface area contributed by atoms with Gasteiger partial charge in [0, 0.05) is 50.8 Å². The van der Waals surface area contributed by atoms with E-state index in [1.54, 1.807) is 18.2 Å². The lowest BCUT2D eigenvalue weighted by Crippen LogP contribution is -2.35. The highest BCUT2D eigenvalue weighted by atomic mass is 19.1. The van der Waals surface area contributed by atoms with Crippen molar-refractivity contribution in [2.45, 2.75) is 25.8 Å². The SMILES string of the molecule is O=C(c1cnc(NCc2ccccc2F)nc1)N1CCC2(CCOCC2)C1. The van der Waals surface area contributed by atoms with Gasteiger partial charge in [-0.1, -0.05) is 18.2 Å². The van der Waals surface area contributed by atoms with Crippen molar-refractivity contribution < 1.29 is 13.9 Å². The molecule has 7 heteroatoms. The minimum atomic E-state index is -0.270. The lowest BCUT2D eigenvalue weighted by Gasteiger charge is -2.33. The molecule has 0 saturated carbocycles. The van der Waals surface area contributed by atoms with E-state index < -0.39 is 0 Å². The van der Waals surface area contributed by atoms with Crippen LogP contribution in [-0.4, -0.2) is 47.1 Å². The zero-order valence-electron chi connectivity index (χ0n) is 15.2. The van der Waals surface area contributed by atoms with Gasteiger partial charge in [-0.15, -0.1) is 0 Å². The molecule has 0 unspecified atom stereocenters. The summed E-state index contributed by atoms with van der Waals surface area (Å²) in [6.45, 7) is 3.41. The van der Waals surface area contributed by atoms with E-state index in [-0.39, 0.29) is 23.7 Å². The Morgan fingerprint density at radius 1 is 1.19 bits per heavy atom. The molecule has 1 spiro atoms. The van der Waals surface area contributed by atoms with E-state index in [9.17, 15) is 9.18 Å². The molecule has 2 saturated heterocycles. The molecule has 3 heterocycles. The van der Waals surface area contributed by atoms with E-state index in [1.807, 2.05) is 4.90 Å². The van der Waals surface area contributed by atoms with Crippen molar-refractivity contribution in [1.82, 2.24) is 14.9 Å². The fraction of sp³-hybridized carbons (Fsp3) is 0.450. The molecule has 0 atom stereocenters. The van der Waals surface area contributed by atoms with E-state index in [1.165, 1.54) is 18.5 Å². The van der Waals surface area contributed by atoms with Crippen molar-refractivity contribution >= 4 is 11.9 Å². The molecule has 2 aromatic rings. The predicted molar refractivity (Wildman–Crippen MR) is 98.8 cm³/mol. The monoisotopic (exact) mass is 370 g/mol. The first kappa shape index (κ1) is 17.9. The second kappa shape index (κ2) is 7.60. The number of likely N-dealkylation sites (tertiary alicyclic amines) is 1. The van der Waals surface area contributed by atoms with Gasteiger partial charge < -0.3 is 15.0 Å². The number of hydrogen-bond donors (Lipinski definition) is 1. The Balaban J connectivity index is 1.36. The molecule has 1 aromatic carbocycles. The average Bonchev–Trinajstić information content (AvgIpc) is 3.11. The van der Waals surface area contributed by atoms with E-state index in [0.717, 1.165) is 45.6 Å². The third-order valence-electron chi connectivity index (χ3n) is 5.57. The number of carbonyl (C=O) groups is 1. The minimum absolute atomic E-state index is 0.0287. The normalized spacial score (nSPS) is 18.6. The summed E-state index contributed by atoms with van der Waals surface area (Å²) in [6, 6.07) is 6.56. The predicted octanol–water partition coefficient (Wildman–Crippen LogP) is 2.87. The van der Waals surface area contributed by atoms with Crippen molar-refractivity contribution in [2.24, 2.45) is 5.41 Å². The zero-order chi connectivity index (χ0) is 18.7. The number of rotatable bonds is 4. The maximum Gasteiger partial charge on any atom is 0.257 e. The molecule has 2 aliphatic heterocycles. The number of hydrogen-bond acceptors (Lipinski definition) is 5. The number of ether oxygens (including phenoxy) is 1. The van der Waals surface area contributed by atoms with Gasteiger partial charge in [0.1, 0.15) is 5.82 Å². The van der Waals surface area contributed by atoms with Crippen LogP contribution >= 0.6 is 0 Å². The van der Waals surface area contributed by atoms with E-state index in [0.29, 0.717) is 17.1 Å². The molecule has 6 nitrogen and oxygen atoms in total. The zero-order valence-corrected chi connectivity index (χ0v) is 15.2. The third-order valence-corrected chi connectivity index (χ3v) is 5.57. The maximum atomic E-state index is 13.6. The number of nitrogens with zero attached hydrogens (tertiary/aromatic N) is 3. The van der Waals surface area contributed by atoms with Crippen LogP contribution in [-0.2, 0) is 11.3 Å². The molecule has 1 amide bonds. The first-order valence-corrected chi connectivity index (χ1v) is 9.32. The molecule has 2 fully saturated rings. The number of anilines is 1. The Hall–Kier alpha value is -2.54. The summed E-state index contributed by atoms with van der Waals surface area (Å²) >= 11 is 0. The summed E-state index contributed by atoms with van der Waals surface area (Å²) in [5.74, 6) is 0.0732. The number of benzene rings is 1. The van der Waals surface area contributed by atoms with Crippen molar-refractivity contribution in [1.29, 1.82) is 0 Å². The van der Waals surface area contributed by atoms with E-state index >= 15 is 0 Å². The molecule has 1 aromatic heterocycles. The highest BCUT2D eigenvalue weighted by Gasteiger charge is 2.41. The highest BCUT2D eigenvalue weighted by Crippen LogP contribution is 2.40. The number of carbonyl (C=O) groups excluding carboxylic acids is 1. The first-order chi connectivity index (χ1) is 13.2. The summed E-state index contributed by atoms with van der Waals surface area (Å²) in [6.07, 6.45) is 6.14. The highest BCUT2D eigenvalue weighted by molar-refractivity contribution is 5.94. The molecule has 0 bridgehead atoms. The summed E-state index contributed by atoms with van der Waals surface area (Å²) < 4.78 is 19.1. The minimum Gasteiger partial charge on any atom is -0.381 e. The van der Waals surface area contributed by atoms with Gasteiger partial charge in [-0.25, -0.2) is 14.4 Å². The molecular weight excluding hydrogens is 347 g/mol. The number of aromatic nitrogens is 2. The molecule has 0 aliphatic carbocycles. The van der Waals surface area contributed by atoms with Gasteiger partial charge in [-0.2, -0.15) is 0 Å².